The second-order valence-electron chi connectivity index (χ2n) is 2.60. The van der Waals surface area contributed by atoms with Crippen LogP contribution in [-0.2, 0) is 11.2 Å². The van der Waals surface area contributed by atoms with Gasteiger partial charge in [-0.1, -0.05) is 0 Å². The molecule has 0 aromatic heterocycles. The topological polar surface area (TPSA) is 37.3 Å². The maximum atomic E-state index is 12.9. The molecule has 0 aliphatic heterocycles. The Hall–Kier alpha value is -1.38. The summed E-state index contributed by atoms with van der Waals surface area (Å²) in [6.45, 7) is 1.66. The van der Waals surface area contributed by atoms with Crippen LogP contribution in [0.2, 0.25) is 0 Å². The SMILES string of the molecule is Cc1cc(CC=O)c(F)cc1O. The van der Waals surface area contributed by atoms with Gasteiger partial charge in [-0.25, -0.2) is 4.39 Å². The molecule has 0 spiro atoms. The zero-order chi connectivity index (χ0) is 9.14. The predicted octanol–water partition coefficient (Wildman–Crippen LogP) is 1.58. The lowest BCUT2D eigenvalue weighted by molar-refractivity contribution is -0.107. The maximum absolute atomic E-state index is 12.9. The molecule has 3 heteroatoms. The fraction of sp³-hybridized carbons (Fsp3) is 0.222. The maximum Gasteiger partial charge on any atom is 0.130 e. The van der Waals surface area contributed by atoms with Crippen LogP contribution in [0.25, 0.3) is 0 Å². The van der Waals surface area contributed by atoms with E-state index in [0.29, 0.717) is 17.4 Å². The molecule has 0 radical (unpaired) electrons. The molecule has 0 bridgehead atoms. The van der Waals surface area contributed by atoms with Gasteiger partial charge in [-0.05, 0) is 24.1 Å². The summed E-state index contributed by atoms with van der Waals surface area (Å²) >= 11 is 0. The molecule has 2 nitrogen and oxygen atoms in total. The molecule has 0 fully saturated rings. The Bertz CT molecular complexity index is 308. The Morgan fingerprint density at radius 2 is 2.25 bits per heavy atom. The Kier molecular flexibility index (Phi) is 2.43. The van der Waals surface area contributed by atoms with Gasteiger partial charge in [0.15, 0.2) is 0 Å². The van der Waals surface area contributed by atoms with Crippen molar-refractivity contribution in [3.63, 3.8) is 0 Å². The Balaban J connectivity index is 3.13. The molecule has 0 saturated carbocycles. The number of carbonyl (C=O) groups is 1. The Morgan fingerprint density at radius 1 is 1.58 bits per heavy atom. The van der Waals surface area contributed by atoms with Crippen LogP contribution in [0.3, 0.4) is 0 Å². The molecule has 0 atom stereocenters. The highest BCUT2D eigenvalue weighted by Gasteiger charge is 2.05. The number of halogens is 1. The van der Waals surface area contributed by atoms with E-state index >= 15 is 0 Å². The minimum atomic E-state index is -0.537. The Labute approximate surface area is 69.6 Å². The third kappa shape index (κ3) is 1.61. The van der Waals surface area contributed by atoms with Crippen molar-refractivity contribution >= 4 is 6.29 Å². The zero-order valence-corrected chi connectivity index (χ0v) is 6.67. The summed E-state index contributed by atoms with van der Waals surface area (Å²) in [6.07, 6.45) is 0.682. The first-order valence-electron chi connectivity index (χ1n) is 3.56. The molecule has 0 amide bonds. The number of hydrogen-bond acceptors (Lipinski definition) is 2. The molecule has 0 saturated heterocycles. The van der Waals surface area contributed by atoms with Crippen LogP contribution in [0.5, 0.6) is 5.75 Å². The van der Waals surface area contributed by atoms with Gasteiger partial charge in [-0.15, -0.1) is 0 Å². The summed E-state index contributed by atoms with van der Waals surface area (Å²) in [4.78, 5) is 10.1. The summed E-state index contributed by atoms with van der Waals surface area (Å²) in [5.74, 6) is -0.618. The predicted molar refractivity (Wildman–Crippen MR) is 42.6 cm³/mol. The van der Waals surface area contributed by atoms with Gasteiger partial charge in [0.2, 0.25) is 0 Å². The average Bonchev–Trinajstić information content (AvgIpc) is 2.01. The van der Waals surface area contributed by atoms with E-state index < -0.39 is 5.82 Å². The number of hydrogen-bond donors (Lipinski definition) is 1. The van der Waals surface area contributed by atoms with E-state index in [1.807, 2.05) is 0 Å². The van der Waals surface area contributed by atoms with E-state index in [-0.39, 0.29) is 12.2 Å². The van der Waals surface area contributed by atoms with E-state index in [4.69, 9.17) is 5.11 Å². The highest BCUT2D eigenvalue weighted by molar-refractivity contribution is 5.56. The van der Waals surface area contributed by atoms with Crippen LogP contribution in [0.1, 0.15) is 11.1 Å². The number of phenols is 1. The van der Waals surface area contributed by atoms with Gasteiger partial charge in [0.25, 0.3) is 0 Å². The normalized spacial score (nSPS) is 9.83. The molecule has 0 aliphatic rings. The monoisotopic (exact) mass is 168 g/mol. The molecular formula is C9H9FO2. The van der Waals surface area contributed by atoms with E-state index in [1.165, 1.54) is 6.07 Å². The van der Waals surface area contributed by atoms with Gasteiger partial charge >= 0.3 is 0 Å². The van der Waals surface area contributed by atoms with Crippen LogP contribution in [-0.4, -0.2) is 11.4 Å². The lowest BCUT2D eigenvalue weighted by Gasteiger charge is -2.02. The number of aryl methyl sites for hydroxylation is 1. The van der Waals surface area contributed by atoms with Crippen LogP contribution < -0.4 is 0 Å². The third-order valence-corrected chi connectivity index (χ3v) is 1.67. The second kappa shape index (κ2) is 3.34. The molecule has 0 unspecified atom stereocenters. The number of benzene rings is 1. The number of carbonyl (C=O) groups excluding carboxylic acids is 1. The minimum absolute atomic E-state index is 0.0486. The molecule has 1 aromatic carbocycles. The van der Waals surface area contributed by atoms with Gasteiger partial charge in [0.05, 0.1) is 0 Å². The fourth-order valence-electron chi connectivity index (χ4n) is 0.977. The summed E-state index contributed by atoms with van der Waals surface area (Å²) in [7, 11) is 0. The van der Waals surface area contributed by atoms with Crippen molar-refractivity contribution in [2.75, 3.05) is 0 Å². The molecule has 12 heavy (non-hydrogen) atoms. The van der Waals surface area contributed by atoms with Gasteiger partial charge in [-0.3, -0.25) is 0 Å². The first-order valence-corrected chi connectivity index (χ1v) is 3.56. The third-order valence-electron chi connectivity index (χ3n) is 1.67. The number of phenolic OH excluding ortho intramolecular Hbond substituents is 1. The summed E-state index contributed by atoms with van der Waals surface area (Å²) in [6, 6.07) is 2.49. The van der Waals surface area contributed by atoms with Gasteiger partial charge < -0.3 is 9.90 Å². The second-order valence-corrected chi connectivity index (χ2v) is 2.60. The van der Waals surface area contributed by atoms with Gasteiger partial charge in [-0.2, -0.15) is 0 Å². The molecule has 0 heterocycles. The van der Waals surface area contributed by atoms with Crippen LogP contribution in [0.15, 0.2) is 12.1 Å². The molecule has 64 valence electrons. The highest BCUT2D eigenvalue weighted by Crippen LogP contribution is 2.20. The van der Waals surface area contributed by atoms with Crippen molar-refractivity contribution in [2.45, 2.75) is 13.3 Å². The van der Waals surface area contributed by atoms with Crippen LogP contribution >= 0.6 is 0 Å². The van der Waals surface area contributed by atoms with Crippen LogP contribution in [0, 0.1) is 12.7 Å². The lowest BCUT2D eigenvalue weighted by atomic mass is 10.1. The number of aldehydes is 1. The van der Waals surface area contributed by atoms with E-state index in [9.17, 15) is 9.18 Å². The Morgan fingerprint density at radius 3 is 2.83 bits per heavy atom. The summed E-state index contributed by atoms with van der Waals surface area (Å²) in [5, 5.41) is 9.06. The molecule has 1 rings (SSSR count). The van der Waals surface area contributed by atoms with Crippen LogP contribution in [0.4, 0.5) is 4.39 Å². The first-order chi connectivity index (χ1) is 5.65. The van der Waals surface area contributed by atoms with Crippen molar-refractivity contribution in [1.82, 2.24) is 0 Å². The summed E-state index contributed by atoms with van der Waals surface area (Å²) < 4.78 is 12.9. The van der Waals surface area contributed by atoms with Crippen molar-refractivity contribution in [1.29, 1.82) is 0 Å². The fourth-order valence-corrected chi connectivity index (χ4v) is 0.977. The number of rotatable bonds is 2. The largest absolute Gasteiger partial charge is 0.508 e. The lowest BCUT2D eigenvalue weighted by Crippen LogP contribution is -1.92. The molecule has 0 aliphatic carbocycles. The van der Waals surface area contributed by atoms with Gasteiger partial charge in [0, 0.05) is 12.5 Å². The standard InChI is InChI=1S/C9H9FO2/c1-6-4-7(2-3-11)8(10)5-9(6)12/h3-5,12H,2H2,1H3. The van der Waals surface area contributed by atoms with Gasteiger partial charge in [0.1, 0.15) is 17.9 Å². The molecule has 1 N–H and O–H groups in total. The smallest absolute Gasteiger partial charge is 0.130 e. The highest BCUT2D eigenvalue weighted by atomic mass is 19.1. The average molecular weight is 168 g/mol. The first kappa shape index (κ1) is 8.71. The van der Waals surface area contributed by atoms with Crippen molar-refractivity contribution in [2.24, 2.45) is 0 Å². The van der Waals surface area contributed by atoms with Crippen molar-refractivity contribution < 1.29 is 14.3 Å². The van der Waals surface area contributed by atoms with E-state index in [2.05, 4.69) is 0 Å². The molecular weight excluding hydrogens is 159 g/mol. The van der Waals surface area contributed by atoms with Crippen molar-refractivity contribution in [3.05, 3.63) is 29.1 Å². The minimum Gasteiger partial charge on any atom is -0.508 e. The van der Waals surface area contributed by atoms with E-state index in [1.54, 1.807) is 6.92 Å². The summed E-state index contributed by atoms with van der Waals surface area (Å²) in [5.41, 5.74) is 0.897. The number of aromatic hydroxyl groups is 1. The quantitative estimate of drug-likeness (QED) is 0.681. The van der Waals surface area contributed by atoms with Crippen molar-refractivity contribution in [3.8, 4) is 5.75 Å². The molecule has 1 aromatic rings. The van der Waals surface area contributed by atoms with E-state index in [0.717, 1.165) is 6.07 Å². The zero-order valence-electron chi connectivity index (χ0n) is 6.67.